The second-order valence-corrected chi connectivity index (χ2v) is 6.01. The first-order valence-electron chi connectivity index (χ1n) is 6.34. The van der Waals surface area contributed by atoms with E-state index in [1.807, 2.05) is 24.3 Å². The first-order chi connectivity index (χ1) is 10.0. The molecule has 3 rings (SSSR count). The molecule has 0 fully saturated rings. The van der Waals surface area contributed by atoms with E-state index in [0.29, 0.717) is 12.5 Å². The summed E-state index contributed by atoms with van der Waals surface area (Å²) in [5, 5.41) is 2.15. The third-order valence-corrected chi connectivity index (χ3v) is 4.60. The van der Waals surface area contributed by atoms with Gasteiger partial charge in [0.2, 0.25) is 5.91 Å². The Bertz CT molecular complexity index is 696. The summed E-state index contributed by atoms with van der Waals surface area (Å²) in [5.74, 6) is -2.00. The quantitative estimate of drug-likeness (QED) is 0.838. The molecule has 1 atom stereocenters. The molecule has 0 spiro atoms. The van der Waals surface area contributed by atoms with Crippen molar-refractivity contribution in [2.45, 2.75) is 16.6 Å². The number of halogens is 2. The highest BCUT2D eigenvalue weighted by atomic mass is 32.2. The standard InChI is InChI=1S/C15H12F2N2OS/c16-9-6-10(17)12(7-11(9)18)19-15(20)14-5-8-3-1-2-4-13(8)21-14/h1-4,6-7,14H,5,18H2,(H,19,20). The van der Waals surface area contributed by atoms with Gasteiger partial charge in [-0.2, -0.15) is 0 Å². The Morgan fingerprint density at radius 3 is 2.76 bits per heavy atom. The molecule has 3 nitrogen and oxygen atoms in total. The van der Waals surface area contributed by atoms with Crippen LogP contribution in [0.15, 0.2) is 41.3 Å². The van der Waals surface area contributed by atoms with Gasteiger partial charge < -0.3 is 11.1 Å². The normalized spacial score (nSPS) is 16.6. The fourth-order valence-electron chi connectivity index (χ4n) is 2.20. The number of carbonyl (C=O) groups is 1. The van der Waals surface area contributed by atoms with Crippen LogP contribution < -0.4 is 11.1 Å². The summed E-state index contributed by atoms with van der Waals surface area (Å²) in [7, 11) is 0. The summed E-state index contributed by atoms with van der Waals surface area (Å²) < 4.78 is 26.7. The minimum atomic E-state index is -0.840. The lowest BCUT2D eigenvalue weighted by Crippen LogP contribution is -2.25. The third kappa shape index (κ3) is 2.71. The van der Waals surface area contributed by atoms with Gasteiger partial charge in [-0.05, 0) is 24.1 Å². The average molecular weight is 306 g/mol. The topological polar surface area (TPSA) is 55.1 Å². The second kappa shape index (κ2) is 5.37. The molecule has 1 aliphatic heterocycles. The molecule has 1 unspecified atom stereocenters. The van der Waals surface area contributed by atoms with E-state index in [-0.39, 0.29) is 22.5 Å². The Labute approximate surface area is 124 Å². The molecule has 0 radical (unpaired) electrons. The Morgan fingerprint density at radius 2 is 2.00 bits per heavy atom. The highest BCUT2D eigenvalue weighted by Crippen LogP contribution is 2.37. The van der Waals surface area contributed by atoms with E-state index in [2.05, 4.69) is 5.32 Å². The number of hydrogen-bond acceptors (Lipinski definition) is 3. The number of anilines is 2. The lowest BCUT2D eigenvalue weighted by molar-refractivity contribution is -0.115. The lowest BCUT2D eigenvalue weighted by Gasteiger charge is -2.11. The van der Waals surface area contributed by atoms with E-state index in [9.17, 15) is 13.6 Å². The molecule has 2 aromatic rings. The molecule has 21 heavy (non-hydrogen) atoms. The fourth-order valence-corrected chi connectivity index (χ4v) is 3.40. The van der Waals surface area contributed by atoms with Crippen LogP contribution in [0.1, 0.15) is 5.56 Å². The largest absolute Gasteiger partial charge is 0.396 e. The van der Waals surface area contributed by atoms with Crippen LogP contribution in [0.4, 0.5) is 20.2 Å². The van der Waals surface area contributed by atoms with E-state index in [0.717, 1.165) is 16.5 Å². The molecule has 0 aromatic heterocycles. The zero-order valence-corrected chi connectivity index (χ0v) is 11.7. The summed E-state index contributed by atoms with van der Waals surface area (Å²) in [6, 6.07) is 9.50. The predicted molar refractivity (Wildman–Crippen MR) is 79.2 cm³/mol. The van der Waals surface area contributed by atoms with Crippen molar-refractivity contribution >= 4 is 29.0 Å². The van der Waals surface area contributed by atoms with Crippen molar-refractivity contribution in [3.05, 3.63) is 53.6 Å². The third-order valence-electron chi connectivity index (χ3n) is 3.28. The zero-order valence-electron chi connectivity index (χ0n) is 10.9. The van der Waals surface area contributed by atoms with Crippen LogP contribution in [0.2, 0.25) is 0 Å². The van der Waals surface area contributed by atoms with Gasteiger partial charge in [0.1, 0.15) is 11.6 Å². The van der Waals surface area contributed by atoms with Gasteiger partial charge in [-0.25, -0.2) is 8.78 Å². The van der Waals surface area contributed by atoms with Gasteiger partial charge in [-0.15, -0.1) is 11.8 Å². The number of hydrogen-bond donors (Lipinski definition) is 2. The fraction of sp³-hybridized carbons (Fsp3) is 0.133. The molecule has 3 N–H and O–H groups in total. The molecule has 2 aromatic carbocycles. The van der Waals surface area contributed by atoms with Crippen molar-refractivity contribution in [1.82, 2.24) is 0 Å². The van der Waals surface area contributed by atoms with E-state index < -0.39 is 11.6 Å². The highest BCUT2D eigenvalue weighted by Gasteiger charge is 2.28. The van der Waals surface area contributed by atoms with Gasteiger partial charge in [0.05, 0.1) is 16.6 Å². The van der Waals surface area contributed by atoms with E-state index in [1.165, 1.54) is 11.8 Å². The first kappa shape index (κ1) is 13.9. The summed E-state index contributed by atoms with van der Waals surface area (Å²) in [6.45, 7) is 0. The molecule has 0 saturated heterocycles. The van der Waals surface area contributed by atoms with Crippen molar-refractivity contribution in [2.24, 2.45) is 0 Å². The molecule has 0 bridgehead atoms. The van der Waals surface area contributed by atoms with E-state index in [1.54, 1.807) is 0 Å². The number of thioether (sulfide) groups is 1. The number of amides is 1. The maximum absolute atomic E-state index is 13.6. The van der Waals surface area contributed by atoms with Crippen LogP contribution in [0.5, 0.6) is 0 Å². The van der Waals surface area contributed by atoms with E-state index in [4.69, 9.17) is 5.73 Å². The van der Waals surface area contributed by atoms with Crippen LogP contribution in [0.25, 0.3) is 0 Å². The maximum Gasteiger partial charge on any atom is 0.238 e. The molecular formula is C15H12F2N2OS. The predicted octanol–water partition coefficient (Wildman–Crippen LogP) is 3.20. The minimum absolute atomic E-state index is 0.101. The molecule has 1 heterocycles. The molecular weight excluding hydrogens is 294 g/mol. The number of nitrogen functional groups attached to an aromatic ring is 1. The minimum Gasteiger partial charge on any atom is -0.396 e. The van der Waals surface area contributed by atoms with Gasteiger partial charge in [0.25, 0.3) is 0 Å². The molecule has 1 aliphatic rings. The van der Waals surface area contributed by atoms with Crippen LogP contribution >= 0.6 is 11.8 Å². The number of benzene rings is 2. The van der Waals surface area contributed by atoms with Crippen molar-refractivity contribution in [2.75, 3.05) is 11.1 Å². The Morgan fingerprint density at radius 1 is 1.24 bits per heavy atom. The van der Waals surface area contributed by atoms with Crippen molar-refractivity contribution in [1.29, 1.82) is 0 Å². The maximum atomic E-state index is 13.6. The number of nitrogens with one attached hydrogen (secondary N) is 1. The number of nitrogens with two attached hydrogens (primary N) is 1. The molecule has 6 heteroatoms. The number of carbonyl (C=O) groups excluding carboxylic acids is 1. The summed E-state index contributed by atoms with van der Waals surface area (Å²) >= 11 is 1.44. The highest BCUT2D eigenvalue weighted by molar-refractivity contribution is 8.01. The summed E-state index contributed by atoms with van der Waals surface area (Å²) in [5.41, 5.74) is 6.19. The van der Waals surface area contributed by atoms with Crippen molar-refractivity contribution < 1.29 is 13.6 Å². The van der Waals surface area contributed by atoms with Gasteiger partial charge >= 0.3 is 0 Å². The zero-order chi connectivity index (χ0) is 15.0. The Hall–Kier alpha value is -2.08. The molecule has 0 aliphatic carbocycles. The molecule has 1 amide bonds. The number of rotatable bonds is 2. The molecule has 0 saturated carbocycles. The van der Waals surface area contributed by atoms with Gasteiger partial charge in [-0.3, -0.25) is 4.79 Å². The average Bonchev–Trinajstić information content (AvgIpc) is 2.88. The monoisotopic (exact) mass is 306 g/mol. The smallest absolute Gasteiger partial charge is 0.238 e. The van der Waals surface area contributed by atoms with E-state index >= 15 is 0 Å². The van der Waals surface area contributed by atoms with Crippen molar-refractivity contribution in [3.8, 4) is 0 Å². The van der Waals surface area contributed by atoms with Crippen LogP contribution in [0, 0.1) is 11.6 Å². The van der Waals surface area contributed by atoms with Crippen LogP contribution in [-0.4, -0.2) is 11.2 Å². The first-order valence-corrected chi connectivity index (χ1v) is 7.22. The van der Waals surface area contributed by atoms with Gasteiger partial charge in [-0.1, -0.05) is 18.2 Å². The Balaban J connectivity index is 1.75. The SMILES string of the molecule is Nc1cc(NC(=O)C2Cc3ccccc3S2)c(F)cc1F. The molecule has 108 valence electrons. The summed E-state index contributed by atoms with van der Waals surface area (Å²) in [4.78, 5) is 13.3. The van der Waals surface area contributed by atoms with Crippen LogP contribution in [-0.2, 0) is 11.2 Å². The van der Waals surface area contributed by atoms with Gasteiger partial charge in [0, 0.05) is 11.0 Å². The number of fused-ring (bicyclic) bond motifs is 1. The second-order valence-electron chi connectivity index (χ2n) is 4.76. The van der Waals surface area contributed by atoms with Crippen LogP contribution in [0.3, 0.4) is 0 Å². The van der Waals surface area contributed by atoms with Crippen molar-refractivity contribution in [3.63, 3.8) is 0 Å². The lowest BCUT2D eigenvalue weighted by atomic mass is 10.1. The van der Waals surface area contributed by atoms with Gasteiger partial charge in [0.15, 0.2) is 0 Å². The Kier molecular flexibility index (Phi) is 3.55. The summed E-state index contributed by atoms with van der Waals surface area (Å²) in [6.07, 6.45) is 0.588.